The Labute approximate surface area is 157 Å². The van der Waals surface area contributed by atoms with E-state index in [1.54, 1.807) is 7.11 Å². The molecule has 5 nitrogen and oxygen atoms in total. The number of ether oxygens (including phenoxy) is 2. The largest absolute Gasteiger partial charge is 0.497 e. The predicted molar refractivity (Wildman–Crippen MR) is 108 cm³/mol. The van der Waals surface area contributed by atoms with Crippen molar-refractivity contribution in [2.24, 2.45) is 5.73 Å². The van der Waals surface area contributed by atoms with Crippen molar-refractivity contribution in [2.75, 3.05) is 20.3 Å². The maximum Gasteiger partial charge on any atom is 0.204 e. The zero-order valence-corrected chi connectivity index (χ0v) is 16.3. The molecular weight excluding hydrogens is 328 g/mol. The van der Waals surface area contributed by atoms with Crippen LogP contribution >= 0.6 is 0 Å². The Morgan fingerprint density at radius 1 is 1.04 bits per heavy atom. The molecule has 1 saturated heterocycles. The van der Waals surface area contributed by atoms with E-state index in [0.29, 0.717) is 0 Å². The van der Waals surface area contributed by atoms with Gasteiger partial charge in [-0.1, -0.05) is 38.5 Å². The molecule has 1 aromatic heterocycles. The second kappa shape index (κ2) is 14.2. The van der Waals surface area contributed by atoms with Gasteiger partial charge in [-0.25, -0.2) is 0 Å². The van der Waals surface area contributed by atoms with E-state index in [-0.39, 0.29) is 6.41 Å². The lowest BCUT2D eigenvalue weighted by molar-refractivity contribution is -0.106. The fourth-order valence-electron chi connectivity index (χ4n) is 3.01. The van der Waals surface area contributed by atoms with Crippen LogP contribution in [0, 0.1) is 6.92 Å². The van der Waals surface area contributed by atoms with Gasteiger partial charge in [0.15, 0.2) is 0 Å². The van der Waals surface area contributed by atoms with Crippen LogP contribution in [0.3, 0.4) is 0 Å². The van der Waals surface area contributed by atoms with Gasteiger partial charge in [-0.05, 0) is 43.5 Å². The summed E-state index contributed by atoms with van der Waals surface area (Å²) in [6.07, 6.45) is 13.7. The van der Waals surface area contributed by atoms with Crippen LogP contribution in [0.4, 0.5) is 0 Å². The highest BCUT2D eigenvalue weighted by Crippen LogP contribution is 2.23. The highest BCUT2D eigenvalue weighted by Gasteiger charge is 2.00. The third kappa shape index (κ3) is 8.90. The van der Waals surface area contributed by atoms with E-state index in [9.17, 15) is 0 Å². The van der Waals surface area contributed by atoms with Crippen LogP contribution in [0.2, 0.25) is 0 Å². The van der Waals surface area contributed by atoms with Gasteiger partial charge in [0.2, 0.25) is 6.41 Å². The number of H-pyrrole nitrogens is 1. The molecule has 1 aliphatic heterocycles. The molecule has 2 heterocycles. The minimum atomic E-state index is 0.250. The van der Waals surface area contributed by atoms with Crippen molar-refractivity contribution in [1.82, 2.24) is 4.98 Å². The van der Waals surface area contributed by atoms with Crippen LogP contribution in [-0.4, -0.2) is 31.7 Å². The fourth-order valence-corrected chi connectivity index (χ4v) is 3.01. The molecule has 2 aromatic rings. The Balaban J connectivity index is 0.000000202. The normalized spacial score (nSPS) is 15.5. The number of hydrogen-bond acceptors (Lipinski definition) is 3. The Kier molecular flexibility index (Phi) is 12.0. The van der Waals surface area contributed by atoms with Crippen molar-refractivity contribution < 1.29 is 14.3 Å². The first-order valence-corrected chi connectivity index (χ1v) is 9.57. The van der Waals surface area contributed by atoms with Gasteiger partial charge in [-0.2, -0.15) is 0 Å². The smallest absolute Gasteiger partial charge is 0.204 e. The predicted octanol–water partition coefficient (Wildman–Crippen LogP) is 4.72. The standard InChI is InChI=1S/C10H11NO.C6H12.C4H8O.CH3NO/c1-7-5-9(12-2)6-8-3-4-11-10(7)8;1-2-4-6-5-3-1;1-2-4-5-3-1;2-1-3/h3-6,11H,1-2H3;1-6H2;1-4H2;1H,(H2,2,3). The van der Waals surface area contributed by atoms with Crippen molar-refractivity contribution in [3.8, 4) is 5.75 Å². The number of aromatic amines is 1. The van der Waals surface area contributed by atoms with E-state index in [2.05, 4.69) is 17.6 Å². The number of aromatic nitrogens is 1. The minimum Gasteiger partial charge on any atom is -0.497 e. The maximum atomic E-state index is 8.58. The number of methoxy groups -OCH3 is 1. The van der Waals surface area contributed by atoms with Crippen LogP contribution in [0.25, 0.3) is 10.9 Å². The van der Waals surface area contributed by atoms with Gasteiger partial charge in [-0.3, -0.25) is 4.79 Å². The first-order chi connectivity index (χ1) is 12.7. The van der Waals surface area contributed by atoms with Gasteiger partial charge in [-0.15, -0.1) is 0 Å². The van der Waals surface area contributed by atoms with Crippen molar-refractivity contribution in [2.45, 2.75) is 58.3 Å². The molecule has 3 N–H and O–H groups in total. The first kappa shape index (κ1) is 22.0. The molecule has 5 heteroatoms. The van der Waals surface area contributed by atoms with Gasteiger partial charge < -0.3 is 20.2 Å². The number of carbonyl (C=O) groups is 1. The summed E-state index contributed by atoms with van der Waals surface area (Å²) < 4.78 is 10.1. The molecule has 1 saturated carbocycles. The number of hydrogen-bond donors (Lipinski definition) is 2. The molecule has 26 heavy (non-hydrogen) atoms. The van der Waals surface area contributed by atoms with Gasteiger partial charge in [0.05, 0.1) is 7.11 Å². The van der Waals surface area contributed by atoms with Crippen LogP contribution in [-0.2, 0) is 9.53 Å². The molecule has 0 bridgehead atoms. The summed E-state index contributed by atoms with van der Waals surface area (Å²) >= 11 is 0. The zero-order valence-electron chi connectivity index (χ0n) is 16.3. The monoisotopic (exact) mass is 362 g/mol. The van der Waals surface area contributed by atoms with E-state index in [4.69, 9.17) is 14.3 Å². The number of nitrogens with two attached hydrogens (primary N) is 1. The zero-order chi connectivity index (χ0) is 19.0. The number of aryl methyl sites for hydroxylation is 1. The van der Waals surface area contributed by atoms with E-state index < -0.39 is 0 Å². The molecule has 0 spiro atoms. The van der Waals surface area contributed by atoms with Gasteiger partial charge in [0.1, 0.15) is 5.75 Å². The first-order valence-electron chi connectivity index (χ1n) is 9.57. The summed E-state index contributed by atoms with van der Waals surface area (Å²) in [6.45, 7) is 4.07. The van der Waals surface area contributed by atoms with E-state index in [1.165, 1.54) is 67.8 Å². The van der Waals surface area contributed by atoms with Gasteiger partial charge >= 0.3 is 0 Å². The quantitative estimate of drug-likeness (QED) is 0.720. The molecule has 2 fully saturated rings. The second-order valence-corrected chi connectivity index (χ2v) is 6.46. The van der Waals surface area contributed by atoms with E-state index >= 15 is 0 Å². The molecule has 146 valence electrons. The lowest BCUT2D eigenvalue weighted by Crippen LogP contribution is -1.85. The summed E-state index contributed by atoms with van der Waals surface area (Å²) in [7, 11) is 1.69. The molecule has 1 aliphatic carbocycles. The number of primary amides is 1. The lowest BCUT2D eigenvalue weighted by Gasteiger charge is -2.05. The third-order valence-corrected chi connectivity index (χ3v) is 4.39. The number of benzene rings is 1. The average Bonchev–Trinajstić information content (AvgIpc) is 3.39. The highest BCUT2D eigenvalue weighted by atomic mass is 16.5. The lowest BCUT2D eigenvalue weighted by atomic mass is 10.0. The van der Waals surface area contributed by atoms with E-state index in [1.807, 2.05) is 24.4 Å². The van der Waals surface area contributed by atoms with Crippen LogP contribution < -0.4 is 10.5 Å². The minimum absolute atomic E-state index is 0.250. The van der Waals surface area contributed by atoms with E-state index in [0.717, 1.165) is 19.0 Å². The molecule has 0 atom stereocenters. The van der Waals surface area contributed by atoms with Crippen molar-refractivity contribution >= 4 is 17.3 Å². The molecule has 0 radical (unpaired) electrons. The molecular formula is C21H34N2O3. The summed E-state index contributed by atoms with van der Waals surface area (Å²) in [5, 5.41) is 1.20. The van der Waals surface area contributed by atoms with Gasteiger partial charge in [0.25, 0.3) is 0 Å². The van der Waals surface area contributed by atoms with Crippen molar-refractivity contribution in [1.29, 1.82) is 0 Å². The number of nitrogens with one attached hydrogen (secondary N) is 1. The maximum absolute atomic E-state index is 8.58. The summed E-state index contributed by atoms with van der Waals surface area (Å²) in [6, 6.07) is 6.10. The summed E-state index contributed by atoms with van der Waals surface area (Å²) in [5.74, 6) is 0.916. The molecule has 1 amide bonds. The number of amides is 1. The number of rotatable bonds is 1. The third-order valence-electron chi connectivity index (χ3n) is 4.39. The van der Waals surface area contributed by atoms with Crippen LogP contribution in [0.5, 0.6) is 5.75 Å². The SMILES string of the molecule is C1CCCCC1.C1CCOC1.COc1cc(C)c2[nH]ccc2c1.NC=O. The molecule has 0 unspecified atom stereocenters. The van der Waals surface area contributed by atoms with Crippen molar-refractivity contribution in [3.63, 3.8) is 0 Å². The summed E-state index contributed by atoms with van der Waals surface area (Å²) in [4.78, 5) is 11.8. The summed E-state index contributed by atoms with van der Waals surface area (Å²) in [5.41, 5.74) is 6.57. The van der Waals surface area contributed by atoms with Crippen molar-refractivity contribution in [3.05, 3.63) is 30.0 Å². The van der Waals surface area contributed by atoms with Crippen LogP contribution in [0.1, 0.15) is 56.9 Å². The second-order valence-electron chi connectivity index (χ2n) is 6.46. The Morgan fingerprint density at radius 3 is 2.00 bits per heavy atom. The number of fused-ring (bicyclic) bond motifs is 1. The molecule has 1 aromatic carbocycles. The average molecular weight is 363 g/mol. The molecule has 4 rings (SSSR count). The Hall–Kier alpha value is -2.01. The molecule has 2 aliphatic rings. The van der Waals surface area contributed by atoms with Gasteiger partial charge in [0, 0.05) is 30.3 Å². The topological polar surface area (TPSA) is 77.3 Å². The fraction of sp³-hybridized carbons (Fsp3) is 0.571. The number of carbonyl (C=O) groups excluding carboxylic acids is 1. The Bertz CT molecular complexity index is 583. The Morgan fingerprint density at radius 2 is 1.58 bits per heavy atom. The highest BCUT2D eigenvalue weighted by molar-refractivity contribution is 5.83. The van der Waals surface area contributed by atoms with Crippen LogP contribution in [0.15, 0.2) is 24.4 Å².